The fraction of sp³-hybridized carbons (Fsp3) is 0.211. The SMILES string of the molecule is CN(C)S(=O)(=O)c1ccc(C(=O)Nc2cccc(COCc3ccco3)c2)o1. The number of nitrogens with zero attached hydrogens (tertiary/aromatic N) is 1. The normalized spacial score (nSPS) is 11.7. The van der Waals surface area contributed by atoms with Crippen LogP contribution in [0.15, 0.2) is 68.7 Å². The summed E-state index contributed by atoms with van der Waals surface area (Å²) in [6.07, 6.45) is 1.58. The molecule has 0 aliphatic carbocycles. The van der Waals surface area contributed by atoms with Crippen molar-refractivity contribution in [3.63, 3.8) is 0 Å². The number of rotatable bonds is 8. The predicted octanol–water partition coefficient (Wildman–Crippen LogP) is 3.09. The Morgan fingerprint density at radius 3 is 2.64 bits per heavy atom. The molecule has 0 fully saturated rings. The molecule has 0 unspecified atom stereocenters. The number of hydrogen-bond donors (Lipinski definition) is 1. The van der Waals surface area contributed by atoms with Crippen LogP contribution in [0, 0.1) is 0 Å². The van der Waals surface area contributed by atoms with Crippen molar-refractivity contribution in [2.24, 2.45) is 0 Å². The Morgan fingerprint density at radius 2 is 1.93 bits per heavy atom. The number of carbonyl (C=O) groups is 1. The first-order valence-electron chi connectivity index (χ1n) is 8.39. The van der Waals surface area contributed by atoms with Gasteiger partial charge in [0.25, 0.3) is 15.9 Å². The Kier molecular flexibility index (Phi) is 5.98. The maximum absolute atomic E-state index is 12.3. The lowest BCUT2D eigenvalue weighted by Gasteiger charge is -2.08. The van der Waals surface area contributed by atoms with Crippen LogP contribution >= 0.6 is 0 Å². The molecule has 0 bridgehead atoms. The molecule has 1 amide bonds. The summed E-state index contributed by atoms with van der Waals surface area (Å²) < 4.78 is 41.1. The van der Waals surface area contributed by atoms with Crippen molar-refractivity contribution in [2.75, 3.05) is 19.4 Å². The highest BCUT2D eigenvalue weighted by atomic mass is 32.2. The van der Waals surface area contributed by atoms with Crippen LogP contribution in [0.5, 0.6) is 0 Å². The van der Waals surface area contributed by atoms with Gasteiger partial charge in [0.05, 0.1) is 12.9 Å². The fourth-order valence-electron chi connectivity index (χ4n) is 2.36. The van der Waals surface area contributed by atoms with Crippen molar-refractivity contribution in [2.45, 2.75) is 18.3 Å². The highest BCUT2D eigenvalue weighted by Gasteiger charge is 2.23. The smallest absolute Gasteiger partial charge is 0.291 e. The van der Waals surface area contributed by atoms with Crippen molar-refractivity contribution >= 4 is 21.6 Å². The van der Waals surface area contributed by atoms with Gasteiger partial charge in [-0.2, -0.15) is 0 Å². The molecule has 0 saturated carbocycles. The van der Waals surface area contributed by atoms with E-state index in [0.29, 0.717) is 18.9 Å². The molecular formula is C19H20N2O6S. The van der Waals surface area contributed by atoms with Gasteiger partial charge in [0.1, 0.15) is 12.4 Å². The molecule has 3 aromatic rings. The maximum atomic E-state index is 12.3. The number of amides is 1. The largest absolute Gasteiger partial charge is 0.467 e. The summed E-state index contributed by atoms with van der Waals surface area (Å²) in [5.41, 5.74) is 1.40. The lowest BCUT2D eigenvalue weighted by molar-refractivity contribution is 0.0929. The van der Waals surface area contributed by atoms with Gasteiger partial charge in [-0.3, -0.25) is 4.79 Å². The first kappa shape index (κ1) is 19.9. The molecule has 9 heteroatoms. The van der Waals surface area contributed by atoms with Gasteiger partial charge in [-0.1, -0.05) is 12.1 Å². The second kappa shape index (κ2) is 8.42. The molecule has 0 atom stereocenters. The summed E-state index contributed by atoms with van der Waals surface area (Å²) in [7, 11) is -0.964. The van der Waals surface area contributed by atoms with Crippen molar-refractivity contribution < 1.29 is 26.8 Å². The van der Waals surface area contributed by atoms with Crippen molar-refractivity contribution in [3.8, 4) is 0 Å². The quantitative estimate of drug-likeness (QED) is 0.619. The lowest BCUT2D eigenvalue weighted by Crippen LogP contribution is -2.21. The van der Waals surface area contributed by atoms with Gasteiger partial charge >= 0.3 is 0 Å². The van der Waals surface area contributed by atoms with Crippen LogP contribution in [0.3, 0.4) is 0 Å². The highest BCUT2D eigenvalue weighted by molar-refractivity contribution is 7.88. The van der Waals surface area contributed by atoms with Crippen molar-refractivity contribution in [1.29, 1.82) is 0 Å². The molecule has 0 aliphatic heterocycles. The van der Waals surface area contributed by atoms with E-state index in [4.69, 9.17) is 13.6 Å². The molecule has 28 heavy (non-hydrogen) atoms. The van der Waals surface area contributed by atoms with E-state index < -0.39 is 15.9 Å². The maximum Gasteiger partial charge on any atom is 0.291 e. The van der Waals surface area contributed by atoms with E-state index in [1.165, 1.54) is 26.2 Å². The molecule has 0 aliphatic rings. The minimum absolute atomic E-state index is 0.0973. The number of furan rings is 2. The predicted molar refractivity (Wildman–Crippen MR) is 101 cm³/mol. The van der Waals surface area contributed by atoms with E-state index in [-0.39, 0.29) is 10.9 Å². The molecule has 0 radical (unpaired) electrons. The van der Waals surface area contributed by atoms with Crippen LogP contribution in [-0.4, -0.2) is 32.7 Å². The summed E-state index contributed by atoms with van der Waals surface area (Å²) in [6, 6.07) is 13.3. The van der Waals surface area contributed by atoms with Crippen LogP contribution in [0.2, 0.25) is 0 Å². The van der Waals surface area contributed by atoms with Crippen LogP contribution in [0.25, 0.3) is 0 Å². The third-order valence-corrected chi connectivity index (χ3v) is 5.51. The number of nitrogens with one attached hydrogen (secondary N) is 1. The minimum atomic E-state index is -3.74. The Morgan fingerprint density at radius 1 is 1.11 bits per heavy atom. The molecule has 1 N–H and O–H groups in total. The number of anilines is 1. The van der Waals surface area contributed by atoms with Crippen LogP contribution < -0.4 is 5.32 Å². The van der Waals surface area contributed by atoms with Gasteiger partial charge in [0.15, 0.2) is 5.76 Å². The Labute approximate surface area is 162 Å². The first-order valence-corrected chi connectivity index (χ1v) is 9.83. The third-order valence-electron chi connectivity index (χ3n) is 3.82. The van der Waals surface area contributed by atoms with Gasteiger partial charge in [0, 0.05) is 19.8 Å². The number of benzene rings is 1. The average molecular weight is 404 g/mol. The van der Waals surface area contributed by atoms with E-state index in [1.807, 2.05) is 12.1 Å². The molecule has 0 spiro atoms. The third kappa shape index (κ3) is 4.69. The Bertz CT molecular complexity index is 1040. The van der Waals surface area contributed by atoms with E-state index >= 15 is 0 Å². The first-order chi connectivity index (χ1) is 13.4. The minimum Gasteiger partial charge on any atom is -0.467 e. The average Bonchev–Trinajstić information content (AvgIpc) is 3.34. The zero-order valence-corrected chi connectivity index (χ0v) is 16.2. The molecule has 3 rings (SSSR count). The van der Waals surface area contributed by atoms with Crippen LogP contribution in [-0.2, 0) is 28.0 Å². The topological polar surface area (TPSA) is 102 Å². The van der Waals surface area contributed by atoms with E-state index in [1.54, 1.807) is 30.5 Å². The van der Waals surface area contributed by atoms with Crippen LogP contribution in [0.1, 0.15) is 21.9 Å². The van der Waals surface area contributed by atoms with Gasteiger partial charge < -0.3 is 18.9 Å². The highest BCUT2D eigenvalue weighted by Crippen LogP contribution is 2.19. The molecule has 2 aromatic heterocycles. The van der Waals surface area contributed by atoms with Crippen molar-refractivity contribution in [1.82, 2.24) is 4.31 Å². The van der Waals surface area contributed by atoms with Crippen molar-refractivity contribution in [3.05, 3.63) is 71.9 Å². The molecule has 2 heterocycles. The summed E-state index contributed by atoms with van der Waals surface area (Å²) in [5.74, 6) is 0.0829. The molecule has 8 nitrogen and oxygen atoms in total. The fourth-order valence-corrected chi connectivity index (χ4v) is 3.15. The summed E-state index contributed by atoms with van der Waals surface area (Å²) in [5, 5.41) is 2.39. The van der Waals surface area contributed by atoms with Gasteiger partial charge in [-0.25, -0.2) is 12.7 Å². The second-order valence-electron chi connectivity index (χ2n) is 6.13. The summed E-state index contributed by atoms with van der Waals surface area (Å²) in [4.78, 5) is 12.3. The molecule has 1 aromatic carbocycles. The number of sulfonamides is 1. The number of hydrogen-bond acceptors (Lipinski definition) is 6. The summed E-state index contributed by atoms with van der Waals surface area (Å²) >= 11 is 0. The Hall–Kier alpha value is -2.88. The monoisotopic (exact) mass is 404 g/mol. The van der Waals surface area contributed by atoms with Crippen LogP contribution in [0.4, 0.5) is 5.69 Å². The number of ether oxygens (including phenoxy) is 1. The zero-order chi connectivity index (χ0) is 20.1. The van der Waals surface area contributed by atoms with Gasteiger partial charge in [-0.05, 0) is 42.0 Å². The van der Waals surface area contributed by atoms with Gasteiger partial charge in [0.2, 0.25) is 5.09 Å². The lowest BCUT2D eigenvalue weighted by atomic mass is 10.2. The summed E-state index contributed by atoms with van der Waals surface area (Å²) in [6.45, 7) is 0.690. The zero-order valence-electron chi connectivity index (χ0n) is 15.4. The standard InChI is InChI=1S/C19H20N2O6S/c1-21(2)28(23,24)18-9-8-17(27-18)19(22)20-15-6-3-5-14(11-15)12-25-13-16-7-4-10-26-16/h3-11H,12-13H2,1-2H3,(H,20,22). The molecule has 0 saturated heterocycles. The Balaban J connectivity index is 1.62. The second-order valence-corrected chi connectivity index (χ2v) is 8.22. The van der Waals surface area contributed by atoms with E-state index in [2.05, 4.69) is 5.32 Å². The van der Waals surface area contributed by atoms with Gasteiger partial charge in [-0.15, -0.1) is 0 Å². The van der Waals surface area contributed by atoms with E-state index in [9.17, 15) is 13.2 Å². The van der Waals surface area contributed by atoms with E-state index in [0.717, 1.165) is 15.6 Å². The number of carbonyl (C=O) groups excluding carboxylic acids is 1. The molecular weight excluding hydrogens is 384 g/mol. The molecule has 148 valence electrons.